The van der Waals surface area contributed by atoms with E-state index in [0.29, 0.717) is 0 Å². The fourth-order valence-corrected chi connectivity index (χ4v) is 0.186. The Morgan fingerprint density at radius 1 is 0.900 bits per heavy atom. The molecular weight excluding hydrogens is 132 g/mol. The van der Waals surface area contributed by atoms with Crippen LogP contribution in [0.1, 0.15) is 0 Å². The maximum Gasteiger partial charge on any atom is 0.294 e. The molecule has 0 aliphatic rings. The Bertz CT molecular complexity index is 242. The first-order valence-electron chi connectivity index (χ1n) is 2.24. The van der Waals surface area contributed by atoms with Crippen molar-refractivity contribution in [2.45, 2.75) is 0 Å². The average Bonchev–Trinajstić information content (AvgIpc) is 1.79. The maximum absolute atomic E-state index is 9.91. The van der Waals surface area contributed by atoms with Gasteiger partial charge in [0.25, 0.3) is 11.8 Å². The smallest absolute Gasteiger partial charge is 0.294 e. The lowest BCUT2D eigenvalue weighted by molar-refractivity contribution is -0.113. The van der Waals surface area contributed by atoms with Crippen molar-refractivity contribution in [2.24, 2.45) is 11.5 Å². The number of carbonyl (C=O) groups is 2. The van der Waals surface area contributed by atoms with Crippen LogP contribution in [0.15, 0.2) is 0 Å². The number of carbonyl (C=O) groups excluding carboxylic acids is 2. The van der Waals surface area contributed by atoms with Crippen LogP contribution >= 0.6 is 0 Å². The molecule has 0 aliphatic heterocycles. The number of rotatable bonds is 0. The van der Waals surface area contributed by atoms with E-state index in [9.17, 15) is 9.59 Å². The maximum atomic E-state index is 9.91. The van der Waals surface area contributed by atoms with Crippen LogP contribution in [0.2, 0.25) is 0 Å². The van der Waals surface area contributed by atoms with Crippen LogP contribution in [-0.4, -0.2) is 11.8 Å². The van der Waals surface area contributed by atoms with Crippen molar-refractivity contribution in [3.05, 3.63) is 0 Å². The molecule has 50 valence electrons. The summed E-state index contributed by atoms with van der Waals surface area (Å²) in [5.74, 6) is 6.29. The molecule has 0 unspecified atom stereocenters. The van der Waals surface area contributed by atoms with Crippen LogP contribution in [0.3, 0.4) is 0 Å². The molecule has 4 N–H and O–H groups in total. The Kier molecular flexibility index (Phi) is 3.22. The van der Waals surface area contributed by atoms with Gasteiger partial charge in [-0.1, -0.05) is 0 Å². The molecule has 0 saturated carbocycles. The van der Waals surface area contributed by atoms with Gasteiger partial charge in [-0.3, -0.25) is 9.59 Å². The second-order valence-electron chi connectivity index (χ2n) is 1.23. The summed E-state index contributed by atoms with van der Waals surface area (Å²) in [6, 6.07) is 0. The van der Waals surface area contributed by atoms with E-state index in [4.69, 9.17) is 0 Å². The fraction of sp³-hybridized carbons (Fsp3) is 0. The normalized spacial score (nSPS) is 6.00. The Morgan fingerprint density at radius 2 is 1.20 bits per heavy atom. The summed E-state index contributed by atoms with van der Waals surface area (Å²) >= 11 is 0. The van der Waals surface area contributed by atoms with Crippen LogP contribution in [0, 0.1) is 23.7 Å². The molecule has 10 heavy (non-hydrogen) atoms. The molecule has 0 heterocycles. The minimum atomic E-state index is -0.793. The summed E-state index contributed by atoms with van der Waals surface area (Å²) < 4.78 is 0. The van der Waals surface area contributed by atoms with Gasteiger partial charge in [0.2, 0.25) is 0 Å². The summed E-state index contributed by atoms with van der Waals surface area (Å²) in [5, 5.41) is 0. The zero-order valence-electron chi connectivity index (χ0n) is 4.97. The summed E-state index contributed by atoms with van der Waals surface area (Å²) in [6.45, 7) is 0. The Hall–Kier alpha value is -1.94. The molecule has 4 heteroatoms. The van der Waals surface area contributed by atoms with Crippen molar-refractivity contribution < 1.29 is 9.59 Å². The molecule has 0 aromatic rings. The van der Waals surface area contributed by atoms with Gasteiger partial charge in [-0.15, -0.1) is 0 Å². The molecule has 0 aliphatic carbocycles. The summed E-state index contributed by atoms with van der Waals surface area (Å²) in [6.07, 6.45) is 0. The highest BCUT2D eigenvalue weighted by molar-refractivity contribution is 5.94. The third-order valence-corrected chi connectivity index (χ3v) is 0.434. The molecule has 2 amide bonds. The lowest BCUT2D eigenvalue weighted by Crippen LogP contribution is -2.06. The first kappa shape index (κ1) is 8.06. The lowest BCUT2D eigenvalue weighted by atomic mass is 10.5. The van der Waals surface area contributed by atoms with Crippen molar-refractivity contribution in [1.82, 2.24) is 0 Å². The van der Waals surface area contributed by atoms with Crippen molar-refractivity contribution in [1.29, 1.82) is 0 Å². The average molecular weight is 136 g/mol. The van der Waals surface area contributed by atoms with Gasteiger partial charge < -0.3 is 11.5 Å². The van der Waals surface area contributed by atoms with Gasteiger partial charge in [-0.25, -0.2) is 0 Å². The molecule has 0 rings (SSSR count). The minimum Gasteiger partial charge on any atom is -0.359 e. The summed E-state index contributed by atoms with van der Waals surface area (Å²) in [7, 11) is 0. The van der Waals surface area contributed by atoms with Crippen LogP contribution < -0.4 is 11.5 Å². The number of nitrogens with two attached hydrogens (primary N) is 2. The Morgan fingerprint density at radius 3 is 1.40 bits per heavy atom. The molecule has 0 aromatic heterocycles. The third-order valence-electron chi connectivity index (χ3n) is 0.434. The van der Waals surface area contributed by atoms with Gasteiger partial charge >= 0.3 is 0 Å². The fourth-order valence-electron chi connectivity index (χ4n) is 0.186. The molecule has 0 saturated heterocycles. The first-order chi connectivity index (χ1) is 4.63. The molecule has 0 spiro atoms. The highest BCUT2D eigenvalue weighted by Crippen LogP contribution is 1.53. The topological polar surface area (TPSA) is 86.2 Å². The van der Waals surface area contributed by atoms with E-state index >= 15 is 0 Å². The monoisotopic (exact) mass is 136 g/mol. The third kappa shape index (κ3) is 6.06. The van der Waals surface area contributed by atoms with Gasteiger partial charge in [0, 0.05) is 11.8 Å². The van der Waals surface area contributed by atoms with E-state index in [1.54, 1.807) is 0 Å². The van der Waals surface area contributed by atoms with Gasteiger partial charge in [0.15, 0.2) is 0 Å². The second-order valence-corrected chi connectivity index (χ2v) is 1.23. The Balaban J connectivity index is 4.03. The number of hydrogen-bond donors (Lipinski definition) is 2. The molecule has 0 bridgehead atoms. The SMILES string of the molecule is NC(=O)C#CC#CC(N)=O. The Labute approximate surface area is 57.6 Å². The van der Waals surface area contributed by atoms with E-state index in [2.05, 4.69) is 11.5 Å². The van der Waals surface area contributed by atoms with Gasteiger partial charge in [-0.2, -0.15) is 0 Å². The van der Waals surface area contributed by atoms with Crippen LogP contribution in [0.4, 0.5) is 0 Å². The standard InChI is InChI=1S/C6H4N2O2/c7-5(9)3-1-2-4-6(8)10/h(H2,7,9)(H2,8,10). The van der Waals surface area contributed by atoms with Gasteiger partial charge in [0.05, 0.1) is 0 Å². The molecule has 0 aromatic carbocycles. The molecule has 0 radical (unpaired) electrons. The van der Waals surface area contributed by atoms with Crippen LogP contribution in [-0.2, 0) is 9.59 Å². The van der Waals surface area contributed by atoms with Crippen molar-refractivity contribution in [2.75, 3.05) is 0 Å². The highest BCUT2D eigenvalue weighted by atomic mass is 16.1. The first-order valence-corrected chi connectivity index (χ1v) is 2.24. The predicted octanol–water partition coefficient (Wildman–Crippen LogP) is -2.04. The largest absolute Gasteiger partial charge is 0.359 e. The number of hydrogen-bond acceptors (Lipinski definition) is 2. The van der Waals surface area contributed by atoms with Crippen molar-refractivity contribution in [3.8, 4) is 23.7 Å². The van der Waals surface area contributed by atoms with Gasteiger partial charge in [-0.05, 0) is 11.8 Å². The zero-order chi connectivity index (χ0) is 7.98. The molecule has 0 fully saturated rings. The summed E-state index contributed by atoms with van der Waals surface area (Å²) in [4.78, 5) is 19.8. The number of primary amides is 2. The van der Waals surface area contributed by atoms with E-state index < -0.39 is 11.8 Å². The van der Waals surface area contributed by atoms with E-state index in [-0.39, 0.29) is 0 Å². The van der Waals surface area contributed by atoms with E-state index in [0.717, 1.165) is 0 Å². The summed E-state index contributed by atoms with van der Waals surface area (Å²) in [5.41, 5.74) is 9.23. The quantitative estimate of drug-likeness (QED) is 0.376. The van der Waals surface area contributed by atoms with E-state index in [1.807, 2.05) is 23.7 Å². The van der Waals surface area contributed by atoms with Gasteiger partial charge in [0.1, 0.15) is 0 Å². The van der Waals surface area contributed by atoms with Crippen molar-refractivity contribution in [3.63, 3.8) is 0 Å². The lowest BCUT2D eigenvalue weighted by Gasteiger charge is -1.67. The van der Waals surface area contributed by atoms with Crippen molar-refractivity contribution >= 4 is 11.8 Å². The van der Waals surface area contributed by atoms with E-state index in [1.165, 1.54) is 0 Å². The minimum absolute atomic E-state index is 0.793. The van der Waals surface area contributed by atoms with Crippen LogP contribution in [0.5, 0.6) is 0 Å². The second kappa shape index (κ2) is 3.99. The van der Waals surface area contributed by atoms with Crippen LogP contribution in [0.25, 0.3) is 0 Å². The highest BCUT2D eigenvalue weighted by Gasteiger charge is 1.77. The zero-order valence-corrected chi connectivity index (χ0v) is 4.97. The molecular formula is C6H4N2O2. The molecule has 0 atom stereocenters. The predicted molar refractivity (Wildman–Crippen MR) is 33.9 cm³/mol. The number of amides is 2. The molecule has 4 nitrogen and oxygen atoms in total.